The normalized spacial score (nSPS) is 12.8. The number of benzene rings is 2. The van der Waals surface area contributed by atoms with Crippen molar-refractivity contribution >= 4 is 27.3 Å². The van der Waals surface area contributed by atoms with Gasteiger partial charge in [-0.3, -0.25) is 19.0 Å². The number of anilines is 1. The van der Waals surface area contributed by atoms with Crippen LogP contribution in [0, 0.1) is 0 Å². The van der Waals surface area contributed by atoms with Gasteiger partial charge >= 0.3 is 18.1 Å². The smallest absolute Gasteiger partial charge is 0.464 e. The molecule has 2 aromatic carbocycles. The molecule has 0 aliphatic carbocycles. The number of nitrogens with one attached hydrogen (secondary N) is 1. The van der Waals surface area contributed by atoms with E-state index in [1.165, 1.54) is 30.5 Å². The first kappa shape index (κ1) is 31.5. The number of halogens is 3. The maximum atomic E-state index is 13.4. The zero-order valence-electron chi connectivity index (χ0n) is 22.6. The highest BCUT2D eigenvalue weighted by atomic mass is 32.2. The number of aromatic nitrogens is 2. The van der Waals surface area contributed by atoms with Crippen LogP contribution in [0.15, 0.2) is 74.8 Å². The first-order valence-corrected chi connectivity index (χ1v) is 14.8. The Kier molecular flexibility index (Phi) is 10.8. The molecule has 1 N–H and O–H groups in total. The van der Waals surface area contributed by atoms with Crippen molar-refractivity contribution in [3.63, 3.8) is 0 Å². The van der Waals surface area contributed by atoms with E-state index in [4.69, 9.17) is 4.74 Å². The molecular weight excluding hydrogens is 561 g/mol. The Hall–Kier alpha value is -4.00. The molecule has 1 atom stereocenters. The summed E-state index contributed by atoms with van der Waals surface area (Å²) in [4.78, 5) is 41.4. The Morgan fingerprint density at radius 1 is 1.07 bits per heavy atom. The minimum absolute atomic E-state index is 0.0923. The summed E-state index contributed by atoms with van der Waals surface area (Å²) in [6.45, 7) is 2.19. The van der Waals surface area contributed by atoms with Gasteiger partial charge in [-0.05, 0) is 37.0 Å². The molecule has 1 aromatic heterocycles. The highest BCUT2D eigenvalue weighted by Crippen LogP contribution is 2.23. The van der Waals surface area contributed by atoms with Crippen LogP contribution in [0.1, 0.15) is 31.7 Å². The highest BCUT2D eigenvalue weighted by Gasteiger charge is 2.39. The molecule has 0 saturated heterocycles. The van der Waals surface area contributed by atoms with Crippen LogP contribution in [0.5, 0.6) is 0 Å². The molecular formula is C28H31F3N4O5S. The number of rotatable bonds is 12. The molecule has 3 rings (SSSR count). The fraction of sp³-hybridized carbons (Fsp3) is 0.357. The summed E-state index contributed by atoms with van der Waals surface area (Å²) in [6, 6.07) is 15.1. The lowest BCUT2D eigenvalue weighted by Gasteiger charge is -2.15. The predicted molar refractivity (Wildman–Crippen MR) is 149 cm³/mol. The number of ether oxygens (including phenoxy) is 1. The fourth-order valence-corrected chi connectivity index (χ4v) is 4.94. The van der Waals surface area contributed by atoms with Crippen LogP contribution >= 0.6 is 0 Å². The van der Waals surface area contributed by atoms with E-state index in [2.05, 4.69) is 14.7 Å². The maximum Gasteiger partial charge on any atom is 0.474 e. The molecule has 0 saturated carbocycles. The van der Waals surface area contributed by atoms with Crippen molar-refractivity contribution < 1.29 is 31.7 Å². The zero-order chi connectivity index (χ0) is 30.0. The van der Waals surface area contributed by atoms with Gasteiger partial charge in [-0.25, -0.2) is 9.19 Å². The number of carbonyl (C=O) groups excluding carboxylic acids is 2. The number of hydrogen-bond acceptors (Lipinski definition) is 7. The maximum absolute atomic E-state index is 13.4. The summed E-state index contributed by atoms with van der Waals surface area (Å²) in [5, 5.41) is 3.06. The van der Waals surface area contributed by atoms with E-state index in [0.717, 1.165) is 35.6 Å². The van der Waals surface area contributed by atoms with Crippen LogP contribution in [0.3, 0.4) is 0 Å². The SMILES string of the molecule is CCCCOC(=O)Cn1c(-c2ccc(S(C)(=O)=NC(=O)C(F)(F)F)cc2)ncc(NCCCc2ccccc2)c1=O. The molecule has 0 radical (unpaired) electrons. The number of alkyl halides is 3. The molecule has 0 aliphatic heterocycles. The summed E-state index contributed by atoms with van der Waals surface area (Å²) < 4.78 is 59.8. The first-order chi connectivity index (χ1) is 19.4. The van der Waals surface area contributed by atoms with Gasteiger partial charge in [0.05, 0.1) is 22.5 Å². The van der Waals surface area contributed by atoms with Gasteiger partial charge in [-0.2, -0.15) is 13.2 Å². The van der Waals surface area contributed by atoms with Crippen molar-refractivity contribution in [2.45, 2.75) is 50.2 Å². The summed E-state index contributed by atoms with van der Waals surface area (Å²) in [5.74, 6) is -2.99. The van der Waals surface area contributed by atoms with E-state index in [-0.39, 0.29) is 23.0 Å². The number of nitrogens with zero attached hydrogens (tertiary/aromatic N) is 3. The van der Waals surface area contributed by atoms with Crippen molar-refractivity contribution in [3.05, 3.63) is 76.7 Å². The van der Waals surface area contributed by atoms with Crippen molar-refractivity contribution in [1.82, 2.24) is 9.55 Å². The van der Waals surface area contributed by atoms with Gasteiger partial charge < -0.3 is 10.1 Å². The Balaban J connectivity index is 1.88. The van der Waals surface area contributed by atoms with Crippen LogP contribution in [-0.2, 0) is 37.0 Å². The van der Waals surface area contributed by atoms with E-state index >= 15 is 0 Å². The van der Waals surface area contributed by atoms with Crippen molar-refractivity contribution in [2.24, 2.45) is 4.36 Å². The third-order valence-electron chi connectivity index (χ3n) is 5.95. The molecule has 41 heavy (non-hydrogen) atoms. The van der Waals surface area contributed by atoms with E-state index in [9.17, 15) is 31.8 Å². The average molecular weight is 593 g/mol. The first-order valence-electron chi connectivity index (χ1n) is 12.9. The lowest BCUT2D eigenvalue weighted by Crippen LogP contribution is -2.30. The third-order valence-corrected chi connectivity index (χ3v) is 7.61. The highest BCUT2D eigenvalue weighted by molar-refractivity contribution is 7.93. The second-order valence-electron chi connectivity index (χ2n) is 9.20. The van der Waals surface area contributed by atoms with E-state index in [1.807, 2.05) is 37.3 Å². The number of hydrogen-bond donors (Lipinski definition) is 1. The number of carbonyl (C=O) groups is 2. The Labute approximate surface area is 235 Å². The van der Waals surface area contributed by atoms with Gasteiger partial charge in [-0.1, -0.05) is 55.8 Å². The lowest BCUT2D eigenvalue weighted by atomic mass is 10.1. The third kappa shape index (κ3) is 9.00. The molecule has 1 heterocycles. The second kappa shape index (κ2) is 14.1. The molecule has 0 bridgehead atoms. The van der Waals surface area contributed by atoms with Crippen LogP contribution in [0.2, 0.25) is 0 Å². The molecule has 3 aromatic rings. The predicted octanol–water partition coefficient (Wildman–Crippen LogP) is 4.84. The van der Waals surface area contributed by atoms with Crippen LogP contribution in [-0.4, -0.2) is 51.2 Å². The van der Waals surface area contributed by atoms with E-state index < -0.39 is 39.9 Å². The van der Waals surface area contributed by atoms with Gasteiger partial charge in [-0.15, -0.1) is 4.36 Å². The molecule has 0 fully saturated rings. The van der Waals surface area contributed by atoms with Crippen molar-refractivity contribution in [2.75, 3.05) is 24.7 Å². The van der Waals surface area contributed by atoms with Gasteiger partial charge in [0.15, 0.2) is 0 Å². The average Bonchev–Trinajstić information content (AvgIpc) is 2.93. The monoisotopic (exact) mass is 592 g/mol. The molecule has 1 amide bonds. The van der Waals surface area contributed by atoms with Gasteiger partial charge in [0.1, 0.15) is 18.1 Å². The summed E-state index contributed by atoms with van der Waals surface area (Å²) in [7, 11) is -3.70. The molecule has 1 unspecified atom stereocenters. The van der Waals surface area contributed by atoms with Gasteiger partial charge in [0.2, 0.25) is 0 Å². The van der Waals surface area contributed by atoms with Gasteiger partial charge in [0, 0.05) is 23.3 Å². The second-order valence-corrected chi connectivity index (χ2v) is 11.5. The van der Waals surface area contributed by atoms with Crippen molar-refractivity contribution in [1.29, 1.82) is 0 Å². The van der Waals surface area contributed by atoms with Crippen LogP contribution in [0.25, 0.3) is 11.4 Å². The van der Waals surface area contributed by atoms with Crippen LogP contribution < -0.4 is 10.9 Å². The number of aryl methyl sites for hydroxylation is 1. The lowest BCUT2D eigenvalue weighted by molar-refractivity contribution is -0.169. The number of esters is 1. The van der Waals surface area contributed by atoms with Gasteiger partial charge in [0.25, 0.3) is 5.56 Å². The largest absolute Gasteiger partial charge is 0.474 e. The summed E-state index contributed by atoms with van der Waals surface area (Å²) in [5.41, 5.74) is 1.14. The molecule has 13 heteroatoms. The quantitative estimate of drug-likeness (QED) is 0.236. The zero-order valence-corrected chi connectivity index (χ0v) is 23.5. The van der Waals surface area contributed by atoms with E-state index in [0.29, 0.717) is 18.5 Å². The molecule has 0 spiro atoms. The van der Waals surface area contributed by atoms with E-state index in [1.54, 1.807) is 0 Å². The fourth-order valence-electron chi connectivity index (χ4n) is 3.78. The molecule has 0 aliphatic rings. The summed E-state index contributed by atoms with van der Waals surface area (Å²) >= 11 is 0. The minimum atomic E-state index is -5.25. The van der Waals surface area contributed by atoms with Crippen LogP contribution in [0.4, 0.5) is 18.9 Å². The minimum Gasteiger partial charge on any atom is -0.464 e. The topological polar surface area (TPSA) is 120 Å². The Morgan fingerprint density at radius 2 is 1.76 bits per heavy atom. The molecule has 220 valence electrons. The number of amides is 1. The number of unbranched alkanes of at least 4 members (excludes halogenated alkanes) is 1. The standard InChI is InChI=1S/C28H31F3N4O5S/c1-3-4-17-40-24(36)19-35-25(21-12-14-22(15-13-21)41(2,39)34-27(38)28(29,30)31)33-18-23(26(35)37)32-16-8-11-20-9-6-5-7-10-20/h5-7,9-10,12-15,18,32H,3-4,8,11,16-17,19H2,1-2H3. The van der Waals surface area contributed by atoms with Crippen molar-refractivity contribution in [3.8, 4) is 11.4 Å². The summed E-state index contributed by atoms with van der Waals surface area (Å²) in [6.07, 6.45) is 0.0268. The Bertz CT molecular complexity index is 1530. The Morgan fingerprint density at radius 3 is 2.39 bits per heavy atom. The molecule has 9 nitrogen and oxygen atoms in total.